The highest BCUT2D eigenvalue weighted by molar-refractivity contribution is 5.91. The van der Waals surface area contributed by atoms with Gasteiger partial charge in [-0.15, -0.1) is 0 Å². The van der Waals surface area contributed by atoms with Gasteiger partial charge in [-0.3, -0.25) is 4.90 Å². The lowest BCUT2D eigenvalue weighted by atomic mass is 9.49. The van der Waals surface area contributed by atoms with Gasteiger partial charge in [0, 0.05) is 35.5 Å². The molecule has 0 radical (unpaired) electrons. The lowest BCUT2D eigenvalue weighted by Crippen LogP contribution is -2.74. The van der Waals surface area contributed by atoms with Gasteiger partial charge in [-0.25, -0.2) is 0 Å². The zero-order valence-electron chi connectivity index (χ0n) is 17.8. The number of fused-ring (bicyclic) bond motifs is 4. The first kappa shape index (κ1) is 17.8. The highest BCUT2D eigenvalue weighted by Gasteiger charge is 2.72. The number of aromatic nitrogens is 1. The van der Waals surface area contributed by atoms with Gasteiger partial charge in [-0.05, 0) is 67.5 Å². The molecule has 6 heteroatoms. The Morgan fingerprint density at radius 3 is 2.84 bits per heavy atom. The van der Waals surface area contributed by atoms with Crippen LogP contribution in [0.5, 0.6) is 17.2 Å². The number of rotatable bonds is 2. The number of aliphatic hydroxyl groups is 1. The topological polar surface area (TPSA) is 89.0 Å². The summed E-state index contributed by atoms with van der Waals surface area (Å²) in [5, 5.41) is 35.0. The first-order chi connectivity index (χ1) is 15.5. The van der Waals surface area contributed by atoms with Gasteiger partial charge in [0.25, 0.3) is 0 Å². The molecule has 164 valence electrons. The third kappa shape index (κ3) is 1.84. The van der Waals surface area contributed by atoms with Crippen molar-refractivity contribution in [1.29, 1.82) is 0 Å². The van der Waals surface area contributed by atoms with Crippen molar-refractivity contribution in [2.24, 2.45) is 5.92 Å². The number of ether oxygens (including phenoxy) is 1. The molecule has 2 fully saturated rings. The number of aromatic hydroxyl groups is 2. The van der Waals surface area contributed by atoms with E-state index < -0.39 is 17.1 Å². The Bertz CT molecular complexity index is 1330. The van der Waals surface area contributed by atoms with Gasteiger partial charge in [0.05, 0.1) is 16.7 Å². The molecule has 6 nitrogen and oxygen atoms in total. The van der Waals surface area contributed by atoms with E-state index >= 15 is 0 Å². The van der Waals surface area contributed by atoms with Gasteiger partial charge in [0.15, 0.2) is 17.6 Å². The van der Waals surface area contributed by atoms with Crippen LogP contribution < -0.4 is 4.74 Å². The van der Waals surface area contributed by atoms with E-state index in [4.69, 9.17) is 4.74 Å². The molecular formula is C26H26N2O4. The maximum absolute atomic E-state index is 12.7. The predicted octanol–water partition coefficient (Wildman–Crippen LogP) is 3.28. The fourth-order valence-corrected chi connectivity index (χ4v) is 7.66. The third-order valence-corrected chi connectivity index (χ3v) is 9.16. The lowest BCUT2D eigenvalue weighted by Gasteiger charge is -2.62. The maximum Gasteiger partial charge on any atom is 0.166 e. The Morgan fingerprint density at radius 2 is 2.00 bits per heavy atom. The molecule has 4 N–H and O–H groups in total. The van der Waals surface area contributed by atoms with E-state index in [0.29, 0.717) is 12.2 Å². The van der Waals surface area contributed by atoms with Crippen LogP contribution in [-0.2, 0) is 18.3 Å². The fraction of sp³-hybridized carbons (Fsp3) is 0.462. The van der Waals surface area contributed by atoms with Crippen LogP contribution in [0.4, 0.5) is 0 Å². The van der Waals surface area contributed by atoms with Crippen molar-refractivity contribution >= 4 is 10.9 Å². The van der Waals surface area contributed by atoms with Crippen molar-refractivity contribution in [3.05, 3.63) is 52.7 Å². The maximum atomic E-state index is 12.7. The molecule has 2 bridgehead atoms. The molecule has 32 heavy (non-hydrogen) atoms. The molecule has 1 aromatic heterocycles. The Kier molecular flexibility index (Phi) is 3.02. The quantitative estimate of drug-likeness (QED) is 0.501. The molecule has 3 heterocycles. The molecule has 1 spiro atoms. The molecule has 1 saturated heterocycles. The molecule has 5 aliphatic rings. The molecule has 1 saturated carbocycles. The van der Waals surface area contributed by atoms with Crippen molar-refractivity contribution in [1.82, 2.24) is 9.88 Å². The van der Waals surface area contributed by atoms with Crippen LogP contribution in [-0.4, -0.2) is 49.9 Å². The summed E-state index contributed by atoms with van der Waals surface area (Å²) in [6.45, 7) is 1.97. The number of nitrogens with one attached hydrogen (secondary N) is 1. The van der Waals surface area contributed by atoms with Gasteiger partial charge in [-0.2, -0.15) is 0 Å². The minimum Gasteiger partial charge on any atom is -0.507 e. The van der Waals surface area contributed by atoms with Crippen LogP contribution in [0.25, 0.3) is 10.9 Å². The van der Waals surface area contributed by atoms with E-state index in [9.17, 15) is 15.3 Å². The second-order valence-corrected chi connectivity index (χ2v) is 10.6. The molecule has 3 aromatic rings. The third-order valence-electron chi connectivity index (χ3n) is 9.16. The van der Waals surface area contributed by atoms with Gasteiger partial charge < -0.3 is 25.0 Å². The Labute approximate surface area is 185 Å². The second-order valence-electron chi connectivity index (χ2n) is 10.6. The number of phenolic OH excluding ortho intramolecular Hbond substituents is 2. The first-order valence-corrected chi connectivity index (χ1v) is 11.8. The average Bonchev–Trinajstić information content (AvgIpc) is 3.39. The number of nitrogens with zero attached hydrogens (tertiary/aromatic N) is 1. The highest BCUT2D eigenvalue weighted by Crippen LogP contribution is 2.69. The molecular weight excluding hydrogens is 404 g/mol. The minimum absolute atomic E-state index is 0.00472. The second kappa shape index (κ2) is 5.43. The van der Waals surface area contributed by atoms with E-state index in [-0.39, 0.29) is 17.5 Å². The van der Waals surface area contributed by atoms with Gasteiger partial charge in [-0.1, -0.05) is 12.1 Å². The van der Waals surface area contributed by atoms with Gasteiger partial charge >= 0.3 is 0 Å². The van der Waals surface area contributed by atoms with E-state index in [1.807, 2.05) is 18.2 Å². The molecule has 2 aliphatic heterocycles. The van der Waals surface area contributed by atoms with E-state index in [0.717, 1.165) is 59.6 Å². The van der Waals surface area contributed by atoms with Gasteiger partial charge in [0.2, 0.25) is 0 Å². The lowest BCUT2D eigenvalue weighted by molar-refractivity contribution is -0.173. The number of H-pyrrole nitrogens is 1. The number of hydrogen-bond acceptors (Lipinski definition) is 5. The van der Waals surface area contributed by atoms with Crippen LogP contribution in [0.1, 0.15) is 47.8 Å². The molecule has 0 amide bonds. The number of likely N-dealkylation sites (tertiary alicyclic amines) is 1. The van der Waals surface area contributed by atoms with Crippen LogP contribution in [0.3, 0.4) is 0 Å². The highest BCUT2D eigenvalue weighted by atomic mass is 16.5. The monoisotopic (exact) mass is 430 g/mol. The molecule has 1 unspecified atom stereocenters. The minimum atomic E-state index is -1.03. The van der Waals surface area contributed by atoms with Crippen molar-refractivity contribution < 1.29 is 20.1 Å². The van der Waals surface area contributed by atoms with Crippen LogP contribution in [0.2, 0.25) is 0 Å². The average molecular weight is 431 g/mol. The summed E-state index contributed by atoms with van der Waals surface area (Å²) in [4.78, 5) is 6.05. The van der Waals surface area contributed by atoms with E-state index in [1.165, 1.54) is 18.4 Å². The number of piperidine rings is 1. The van der Waals surface area contributed by atoms with E-state index in [2.05, 4.69) is 9.88 Å². The molecule has 3 aliphatic carbocycles. The number of benzene rings is 2. The van der Waals surface area contributed by atoms with Gasteiger partial charge in [0.1, 0.15) is 5.75 Å². The summed E-state index contributed by atoms with van der Waals surface area (Å²) >= 11 is 0. The summed E-state index contributed by atoms with van der Waals surface area (Å²) in [5.74, 6) is 1.66. The van der Waals surface area contributed by atoms with Crippen LogP contribution in [0, 0.1) is 5.92 Å². The summed E-state index contributed by atoms with van der Waals surface area (Å²) < 4.78 is 6.56. The summed E-state index contributed by atoms with van der Waals surface area (Å²) in [6, 6.07) is 9.28. The van der Waals surface area contributed by atoms with Crippen molar-refractivity contribution in [2.45, 2.75) is 55.3 Å². The summed E-state index contributed by atoms with van der Waals surface area (Å²) in [6.07, 6.45) is 4.19. The van der Waals surface area contributed by atoms with Crippen molar-refractivity contribution in [3.63, 3.8) is 0 Å². The van der Waals surface area contributed by atoms with Crippen LogP contribution >= 0.6 is 0 Å². The number of hydrogen-bond donors (Lipinski definition) is 4. The summed E-state index contributed by atoms with van der Waals surface area (Å²) in [5.41, 5.74) is 3.34. The number of aromatic amines is 1. The summed E-state index contributed by atoms with van der Waals surface area (Å²) in [7, 11) is 0. The molecule has 2 aromatic carbocycles. The smallest absolute Gasteiger partial charge is 0.166 e. The Morgan fingerprint density at radius 1 is 1.12 bits per heavy atom. The molecule has 4 atom stereocenters. The largest absolute Gasteiger partial charge is 0.507 e. The zero-order valence-corrected chi connectivity index (χ0v) is 17.8. The van der Waals surface area contributed by atoms with Crippen LogP contribution in [0.15, 0.2) is 30.3 Å². The zero-order chi connectivity index (χ0) is 21.4. The fourth-order valence-electron chi connectivity index (χ4n) is 7.66. The SMILES string of the molecule is Oc1ccc2c3c1O[C@H]1c4[nH]c5cccc(O)c5c4C[C@@]4(O)C(C2)N(CC2CC2)CC[C@]314. The first-order valence-electron chi connectivity index (χ1n) is 11.8. The predicted molar refractivity (Wildman–Crippen MR) is 118 cm³/mol. The standard InChI is InChI=1S/C26H26N2O4/c29-17-3-1-2-16-20(17)15-11-26(31)19-10-14-6-7-18(30)23-21(14)25(26,24(32-23)22(15)27-16)8-9-28(19)12-13-4-5-13/h1-3,6-7,13,19,24,27,29-31H,4-5,8-12H2/t19?,24-,25-,26+/m0/s1. The molecule has 8 rings (SSSR count). The van der Waals surface area contributed by atoms with Crippen molar-refractivity contribution in [3.8, 4) is 17.2 Å². The normalized spacial score (nSPS) is 34.3. The Balaban J connectivity index is 1.43. The number of phenols is 2. The Hall–Kier alpha value is -2.70. The van der Waals surface area contributed by atoms with E-state index in [1.54, 1.807) is 12.1 Å². The van der Waals surface area contributed by atoms with Crippen molar-refractivity contribution in [2.75, 3.05) is 13.1 Å².